The Morgan fingerprint density at radius 3 is 2.20 bits per heavy atom. The average molecular weight is 511 g/mol. The van der Waals surface area contributed by atoms with Crippen LogP contribution < -0.4 is 5.73 Å². The maximum Gasteiger partial charge on any atom is 0.254 e. The van der Waals surface area contributed by atoms with Crippen LogP contribution in [0.4, 0.5) is 0 Å². The molecule has 180 valence electrons. The second kappa shape index (κ2) is 10.4. The summed E-state index contributed by atoms with van der Waals surface area (Å²) in [4.78, 5) is 30.7. The highest BCUT2D eigenvalue weighted by Gasteiger charge is 2.38. The Morgan fingerprint density at radius 1 is 0.943 bits per heavy atom. The topological polar surface area (TPSA) is 114 Å². The van der Waals surface area contributed by atoms with Crippen molar-refractivity contribution in [2.24, 2.45) is 5.73 Å². The van der Waals surface area contributed by atoms with Gasteiger partial charge in [-0.1, -0.05) is 35.9 Å². The number of rotatable bonds is 6. The van der Waals surface area contributed by atoms with Gasteiger partial charge in [0, 0.05) is 48.0 Å². The van der Waals surface area contributed by atoms with Crippen LogP contribution >= 0.6 is 11.6 Å². The minimum atomic E-state index is -3.84. The van der Waals surface area contributed by atoms with Gasteiger partial charge in [0.15, 0.2) is 0 Å². The van der Waals surface area contributed by atoms with E-state index in [2.05, 4.69) is 4.98 Å². The number of pyridine rings is 1. The zero-order valence-corrected chi connectivity index (χ0v) is 20.2. The Hall–Kier alpha value is -3.53. The largest absolute Gasteiger partial charge is 0.368 e. The number of primary amides is 1. The summed E-state index contributed by atoms with van der Waals surface area (Å²) in [6.45, 7) is -0.145. The van der Waals surface area contributed by atoms with Crippen molar-refractivity contribution in [1.29, 1.82) is 0 Å². The van der Waals surface area contributed by atoms with E-state index in [-0.39, 0.29) is 25.5 Å². The molecule has 1 fully saturated rings. The highest BCUT2D eigenvalue weighted by atomic mass is 35.5. The fourth-order valence-corrected chi connectivity index (χ4v) is 5.13. The molecule has 10 heteroatoms. The fourth-order valence-electron chi connectivity index (χ4n) is 3.82. The molecule has 0 aliphatic carbocycles. The Morgan fingerprint density at radius 2 is 1.57 bits per heavy atom. The number of sulfonamides is 1. The van der Waals surface area contributed by atoms with Crippen LogP contribution in [0.15, 0.2) is 78.5 Å². The zero-order chi connectivity index (χ0) is 25.0. The first kappa shape index (κ1) is 24.6. The molecule has 4 rings (SSSR count). The predicted octanol–water partition coefficient (Wildman–Crippen LogP) is 3.01. The maximum atomic E-state index is 13.2. The highest BCUT2D eigenvalue weighted by molar-refractivity contribution is 7.92. The van der Waals surface area contributed by atoms with E-state index in [1.54, 1.807) is 48.8 Å². The van der Waals surface area contributed by atoms with Gasteiger partial charge in [-0.05, 0) is 59.2 Å². The van der Waals surface area contributed by atoms with Crippen LogP contribution in [0.2, 0.25) is 5.02 Å². The van der Waals surface area contributed by atoms with Gasteiger partial charge in [0.05, 0.1) is 0 Å². The van der Waals surface area contributed by atoms with Gasteiger partial charge >= 0.3 is 0 Å². The molecule has 1 saturated heterocycles. The third-order valence-corrected chi connectivity index (χ3v) is 7.52. The lowest BCUT2D eigenvalue weighted by Crippen LogP contribution is -2.60. The SMILES string of the molecule is NC(=O)C1CN(S(=O)(=O)/C=C/c2ccc(Cl)cc2)CCN1C(=O)c1ccc(-c2ccncc2)cc1. The van der Waals surface area contributed by atoms with E-state index in [1.807, 2.05) is 24.3 Å². The maximum absolute atomic E-state index is 13.2. The predicted molar refractivity (Wildman–Crippen MR) is 135 cm³/mol. The molecule has 0 saturated carbocycles. The second-order valence-corrected chi connectivity index (χ2v) is 10.2. The molecule has 2 aromatic carbocycles. The van der Waals surface area contributed by atoms with Crippen LogP contribution in [-0.4, -0.2) is 60.1 Å². The van der Waals surface area contributed by atoms with Gasteiger partial charge < -0.3 is 10.6 Å². The van der Waals surface area contributed by atoms with Crippen molar-refractivity contribution in [3.63, 3.8) is 0 Å². The minimum Gasteiger partial charge on any atom is -0.368 e. The van der Waals surface area contributed by atoms with Crippen LogP contribution in [0, 0.1) is 0 Å². The number of aromatic nitrogens is 1. The Bertz CT molecular complexity index is 1340. The lowest BCUT2D eigenvalue weighted by molar-refractivity contribution is -0.123. The Labute approximate surface area is 208 Å². The molecule has 1 aliphatic heterocycles. The lowest BCUT2D eigenvalue weighted by Gasteiger charge is -2.38. The van der Waals surface area contributed by atoms with Gasteiger partial charge in [-0.15, -0.1) is 0 Å². The molecule has 35 heavy (non-hydrogen) atoms. The summed E-state index contributed by atoms with van der Waals surface area (Å²) in [5.74, 6) is -1.16. The summed E-state index contributed by atoms with van der Waals surface area (Å²) in [6.07, 6.45) is 4.82. The van der Waals surface area contributed by atoms with Crippen molar-refractivity contribution in [3.8, 4) is 11.1 Å². The molecule has 0 spiro atoms. The van der Waals surface area contributed by atoms with Gasteiger partial charge in [-0.3, -0.25) is 14.6 Å². The summed E-state index contributed by atoms with van der Waals surface area (Å²) >= 11 is 5.86. The molecule has 1 aromatic heterocycles. The van der Waals surface area contributed by atoms with Crippen LogP contribution in [-0.2, 0) is 14.8 Å². The lowest BCUT2D eigenvalue weighted by atomic mass is 10.0. The van der Waals surface area contributed by atoms with Gasteiger partial charge in [-0.25, -0.2) is 8.42 Å². The first-order chi connectivity index (χ1) is 16.7. The number of amides is 2. The van der Waals surface area contributed by atoms with E-state index in [0.717, 1.165) is 20.8 Å². The van der Waals surface area contributed by atoms with E-state index in [0.29, 0.717) is 16.1 Å². The average Bonchev–Trinajstić information content (AvgIpc) is 2.88. The first-order valence-electron chi connectivity index (χ1n) is 10.8. The monoisotopic (exact) mass is 510 g/mol. The number of hydrogen-bond donors (Lipinski definition) is 1. The van der Waals surface area contributed by atoms with Crippen molar-refractivity contribution >= 4 is 39.5 Å². The van der Waals surface area contributed by atoms with Crippen molar-refractivity contribution in [1.82, 2.24) is 14.2 Å². The zero-order valence-electron chi connectivity index (χ0n) is 18.6. The summed E-state index contributed by atoms with van der Waals surface area (Å²) in [5.41, 5.74) is 8.48. The molecule has 0 bridgehead atoms. The van der Waals surface area contributed by atoms with Crippen LogP contribution in [0.5, 0.6) is 0 Å². The molecule has 1 atom stereocenters. The molecule has 8 nitrogen and oxygen atoms in total. The second-order valence-electron chi connectivity index (χ2n) is 7.99. The van der Waals surface area contributed by atoms with Crippen molar-refractivity contribution in [3.05, 3.63) is 94.6 Å². The van der Waals surface area contributed by atoms with Crippen LogP contribution in [0.1, 0.15) is 15.9 Å². The van der Waals surface area contributed by atoms with E-state index in [4.69, 9.17) is 17.3 Å². The van der Waals surface area contributed by atoms with E-state index >= 15 is 0 Å². The van der Waals surface area contributed by atoms with E-state index in [1.165, 1.54) is 11.0 Å². The molecule has 3 aromatic rings. The molecule has 2 amide bonds. The van der Waals surface area contributed by atoms with Gasteiger partial charge in [-0.2, -0.15) is 4.31 Å². The third-order valence-electron chi connectivity index (χ3n) is 5.74. The van der Waals surface area contributed by atoms with Crippen molar-refractivity contribution in [2.75, 3.05) is 19.6 Å². The number of hydrogen-bond acceptors (Lipinski definition) is 5. The standard InChI is InChI=1S/C25H23ClN4O4S/c26-22-7-1-18(2-8-22)11-16-35(33,34)29-14-15-30(23(17-29)24(27)31)25(32)21-5-3-19(4-6-21)20-9-12-28-13-10-20/h1-13,16,23H,14-15,17H2,(H2,27,31)/b16-11+. The number of halogens is 1. The quantitative estimate of drug-likeness (QED) is 0.547. The molecule has 2 N–H and O–H groups in total. The first-order valence-corrected chi connectivity index (χ1v) is 12.7. The van der Waals surface area contributed by atoms with Crippen LogP contribution in [0.3, 0.4) is 0 Å². The third kappa shape index (κ3) is 5.76. The van der Waals surface area contributed by atoms with Crippen molar-refractivity contribution < 1.29 is 18.0 Å². The number of carbonyl (C=O) groups excluding carboxylic acids is 2. The smallest absolute Gasteiger partial charge is 0.254 e. The summed E-state index contributed by atoms with van der Waals surface area (Å²) in [6, 6.07) is 16.3. The molecule has 2 heterocycles. The number of piperazine rings is 1. The summed E-state index contributed by atoms with van der Waals surface area (Å²) in [7, 11) is -3.84. The molecule has 1 aliphatic rings. The summed E-state index contributed by atoms with van der Waals surface area (Å²) < 4.78 is 26.9. The normalized spacial score (nSPS) is 16.9. The Balaban J connectivity index is 1.48. The fraction of sp³-hybridized carbons (Fsp3) is 0.160. The summed E-state index contributed by atoms with van der Waals surface area (Å²) in [5, 5.41) is 1.62. The Kier molecular flexibility index (Phi) is 7.30. The van der Waals surface area contributed by atoms with Gasteiger partial charge in [0.1, 0.15) is 6.04 Å². The number of nitrogens with zero attached hydrogens (tertiary/aromatic N) is 3. The number of nitrogens with two attached hydrogens (primary N) is 1. The highest BCUT2D eigenvalue weighted by Crippen LogP contribution is 2.22. The molecule has 0 radical (unpaired) electrons. The van der Waals surface area contributed by atoms with E-state index in [9.17, 15) is 18.0 Å². The number of carbonyl (C=O) groups is 2. The molecular weight excluding hydrogens is 488 g/mol. The minimum absolute atomic E-state index is 0.0343. The van der Waals surface area contributed by atoms with Gasteiger partial charge in [0.2, 0.25) is 15.9 Å². The van der Waals surface area contributed by atoms with Crippen molar-refractivity contribution in [2.45, 2.75) is 6.04 Å². The molecule has 1 unspecified atom stereocenters. The number of benzene rings is 2. The van der Waals surface area contributed by atoms with Crippen LogP contribution in [0.25, 0.3) is 17.2 Å². The van der Waals surface area contributed by atoms with Gasteiger partial charge in [0.25, 0.3) is 5.91 Å². The molecular formula is C25H23ClN4O4S. The van der Waals surface area contributed by atoms with E-state index < -0.39 is 22.0 Å².